The number of nitrogens with two attached hydrogens (primary N) is 1. The van der Waals surface area contributed by atoms with Crippen molar-refractivity contribution in [2.75, 3.05) is 6.54 Å². The molecule has 3 N–H and O–H groups in total. The normalized spacial score (nSPS) is 26.2. The largest absolute Gasteiger partial charge is 0.349 e. The summed E-state index contributed by atoms with van der Waals surface area (Å²) >= 11 is 0. The van der Waals surface area contributed by atoms with Crippen LogP contribution in [0.15, 0.2) is 24.3 Å². The van der Waals surface area contributed by atoms with Crippen molar-refractivity contribution < 1.29 is 4.79 Å². The van der Waals surface area contributed by atoms with E-state index in [1.165, 1.54) is 5.56 Å². The van der Waals surface area contributed by atoms with E-state index >= 15 is 0 Å². The number of hydrogen-bond donors (Lipinski definition) is 2. The van der Waals surface area contributed by atoms with Gasteiger partial charge in [0.1, 0.15) is 0 Å². The molecule has 1 amide bonds. The van der Waals surface area contributed by atoms with Crippen LogP contribution in [-0.2, 0) is 11.2 Å². The third kappa shape index (κ3) is 3.83. The summed E-state index contributed by atoms with van der Waals surface area (Å²) in [6.45, 7) is 4.86. The Labute approximate surface area is 121 Å². The van der Waals surface area contributed by atoms with E-state index in [0.29, 0.717) is 13.0 Å². The summed E-state index contributed by atoms with van der Waals surface area (Å²) < 4.78 is 0. The van der Waals surface area contributed by atoms with Crippen LogP contribution in [0.3, 0.4) is 0 Å². The first kappa shape index (κ1) is 15.0. The first-order valence-corrected chi connectivity index (χ1v) is 7.60. The van der Waals surface area contributed by atoms with Gasteiger partial charge in [0.15, 0.2) is 0 Å². The molecular formula is C17H26N2O. The number of carbonyl (C=O) groups is 1. The Hall–Kier alpha value is -1.35. The third-order valence-corrected chi connectivity index (χ3v) is 4.47. The zero-order chi connectivity index (χ0) is 14.6. The summed E-state index contributed by atoms with van der Waals surface area (Å²) in [4.78, 5) is 12.3. The predicted octanol–water partition coefficient (Wildman–Crippen LogP) is 2.56. The number of aryl methyl sites for hydroxylation is 1. The molecule has 110 valence electrons. The fourth-order valence-corrected chi connectivity index (χ4v) is 3.04. The van der Waals surface area contributed by atoms with Crippen molar-refractivity contribution in [3.63, 3.8) is 0 Å². The number of carbonyl (C=O) groups excluding carboxylic acids is 1. The van der Waals surface area contributed by atoms with Crippen LogP contribution in [0.1, 0.15) is 43.7 Å². The predicted molar refractivity (Wildman–Crippen MR) is 82.4 cm³/mol. The summed E-state index contributed by atoms with van der Waals surface area (Å²) in [5, 5.41) is 3.21. The second-order valence-corrected chi connectivity index (χ2v) is 6.38. The summed E-state index contributed by atoms with van der Waals surface area (Å²) in [7, 11) is 0. The molecule has 1 fully saturated rings. The van der Waals surface area contributed by atoms with Crippen LogP contribution in [0.25, 0.3) is 0 Å². The highest BCUT2D eigenvalue weighted by atomic mass is 16.1. The molecule has 0 aromatic heterocycles. The molecule has 3 nitrogen and oxygen atoms in total. The van der Waals surface area contributed by atoms with Crippen LogP contribution >= 0.6 is 0 Å². The molecule has 0 radical (unpaired) electrons. The van der Waals surface area contributed by atoms with Gasteiger partial charge in [0.2, 0.25) is 5.91 Å². The van der Waals surface area contributed by atoms with Gasteiger partial charge in [0.25, 0.3) is 0 Å². The minimum Gasteiger partial charge on any atom is -0.349 e. The Morgan fingerprint density at radius 1 is 1.40 bits per heavy atom. The molecule has 1 aromatic rings. The SMILES string of the molecule is Cc1cccc(CC(=O)NC2(CN)CCC(C)CC2)c1. The molecule has 3 heteroatoms. The number of hydrogen-bond acceptors (Lipinski definition) is 2. The summed E-state index contributed by atoms with van der Waals surface area (Å²) in [6.07, 6.45) is 4.76. The summed E-state index contributed by atoms with van der Waals surface area (Å²) in [5.41, 5.74) is 8.02. The van der Waals surface area contributed by atoms with Crippen LogP contribution in [0.2, 0.25) is 0 Å². The van der Waals surface area contributed by atoms with Crippen LogP contribution in [0.4, 0.5) is 0 Å². The quantitative estimate of drug-likeness (QED) is 0.886. The maximum Gasteiger partial charge on any atom is 0.224 e. The Kier molecular flexibility index (Phi) is 4.81. The molecule has 0 unspecified atom stereocenters. The van der Waals surface area contributed by atoms with Crippen molar-refractivity contribution in [2.24, 2.45) is 11.7 Å². The standard InChI is InChI=1S/C17H26N2O/c1-13-6-8-17(12-18,9-7-13)19-16(20)11-15-5-3-4-14(2)10-15/h3-5,10,13H,6-9,11-12,18H2,1-2H3,(H,19,20). The molecule has 0 atom stereocenters. The number of rotatable bonds is 4. The molecule has 1 saturated carbocycles. The van der Waals surface area contributed by atoms with Gasteiger partial charge >= 0.3 is 0 Å². The van der Waals surface area contributed by atoms with Gasteiger partial charge in [-0.3, -0.25) is 4.79 Å². The Morgan fingerprint density at radius 2 is 2.10 bits per heavy atom. The number of amides is 1. The Balaban J connectivity index is 1.96. The lowest BCUT2D eigenvalue weighted by Crippen LogP contribution is -2.55. The molecule has 0 aliphatic heterocycles. The van der Waals surface area contributed by atoms with Crippen LogP contribution in [0, 0.1) is 12.8 Å². The molecule has 2 rings (SSSR count). The van der Waals surface area contributed by atoms with E-state index in [1.54, 1.807) is 0 Å². The second-order valence-electron chi connectivity index (χ2n) is 6.38. The van der Waals surface area contributed by atoms with Gasteiger partial charge in [-0.2, -0.15) is 0 Å². The van der Waals surface area contributed by atoms with E-state index in [0.717, 1.165) is 37.2 Å². The molecule has 20 heavy (non-hydrogen) atoms. The third-order valence-electron chi connectivity index (χ3n) is 4.47. The average molecular weight is 274 g/mol. The van der Waals surface area contributed by atoms with Crippen molar-refractivity contribution in [2.45, 2.75) is 51.5 Å². The van der Waals surface area contributed by atoms with Crippen molar-refractivity contribution in [3.8, 4) is 0 Å². The van der Waals surface area contributed by atoms with Gasteiger partial charge in [-0.15, -0.1) is 0 Å². The highest BCUT2D eigenvalue weighted by Crippen LogP contribution is 2.31. The van der Waals surface area contributed by atoms with E-state index < -0.39 is 0 Å². The van der Waals surface area contributed by atoms with Crippen LogP contribution in [-0.4, -0.2) is 18.0 Å². The van der Waals surface area contributed by atoms with Crippen LogP contribution in [0.5, 0.6) is 0 Å². The fourth-order valence-electron chi connectivity index (χ4n) is 3.04. The van der Waals surface area contributed by atoms with Crippen molar-refractivity contribution in [3.05, 3.63) is 35.4 Å². The van der Waals surface area contributed by atoms with Gasteiger partial charge < -0.3 is 11.1 Å². The lowest BCUT2D eigenvalue weighted by molar-refractivity contribution is -0.122. The topological polar surface area (TPSA) is 55.1 Å². The Bertz CT molecular complexity index is 462. The molecule has 0 heterocycles. The molecule has 0 spiro atoms. The molecule has 0 bridgehead atoms. The van der Waals surface area contributed by atoms with E-state index in [9.17, 15) is 4.79 Å². The van der Waals surface area contributed by atoms with Gasteiger partial charge in [-0.1, -0.05) is 36.8 Å². The van der Waals surface area contributed by atoms with E-state index in [1.807, 2.05) is 25.1 Å². The highest BCUT2D eigenvalue weighted by molar-refractivity contribution is 5.79. The Morgan fingerprint density at radius 3 is 2.70 bits per heavy atom. The highest BCUT2D eigenvalue weighted by Gasteiger charge is 2.34. The minimum absolute atomic E-state index is 0.0932. The number of benzene rings is 1. The van der Waals surface area contributed by atoms with Gasteiger partial charge in [-0.05, 0) is 44.1 Å². The van der Waals surface area contributed by atoms with Crippen molar-refractivity contribution in [1.29, 1.82) is 0 Å². The second kappa shape index (κ2) is 6.40. The minimum atomic E-state index is -0.173. The van der Waals surface area contributed by atoms with Gasteiger partial charge in [-0.25, -0.2) is 0 Å². The summed E-state index contributed by atoms with van der Waals surface area (Å²) in [5.74, 6) is 0.846. The summed E-state index contributed by atoms with van der Waals surface area (Å²) in [6, 6.07) is 8.12. The van der Waals surface area contributed by atoms with Crippen molar-refractivity contribution in [1.82, 2.24) is 5.32 Å². The van der Waals surface area contributed by atoms with E-state index in [2.05, 4.69) is 18.3 Å². The monoisotopic (exact) mass is 274 g/mol. The van der Waals surface area contributed by atoms with Gasteiger partial charge in [0, 0.05) is 6.54 Å². The molecule has 1 aliphatic rings. The fraction of sp³-hybridized carbons (Fsp3) is 0.588. The van der Waals surface area contributed by atoms with E-state index in [4.69, 9.17) is 5.73 Å². The van der Waals surface area contributed by atoms with Gasteiger partial charge in [0.05, 0.1) is 12.0 Å². The smallest absolute Gasteiger partial charge is 0.224 e. The molecular weight excluding hydrogens is 248 g/mol. The number of nitrogens with one attached hydrogen (secondary N) is 1. The zero-order valence-corrected chi connectivity index (χ0v) is 12.6. The first-order chi connectivity index (χ1) is 9.53. The lowest BCUT2D eigenvalue weighted by Gasteiger charge is -2.39. The maximum atomic E-state index is 12.3. The lowest BCUT2D eigenvalue weighted by atomic mass is 9.77. The zero-order valence-electron chi connectivity index (χ0n) is 12.6. The van der Waals surface area contributed by atoms with E-state index in [-0.39, 0.29) is 11.4 Å². The molecule has 0 saturated heterocycles. The molecule has 1 aliphatic carbocycles. The maximum absolute atomic E-state index is 12.3. The van der Waals surface area contributed by atoms with Crippen LogP contribution < -0.4 is 11.1 Å². The van der Waals surface area contributed by atoms with Crippen molar-refractivity contribution >= 4 is 5.91 Å². The average Bonchev–Trinajstić information content (AvgIpc) is 2.41. The molecule has 1 aromatic carbocycles. The first-order valence-electron chi connectivity index (χ1n) is 7.60.